The molecule has 0 spiro atoms. The zero-order valence-electron chi connectivity index (χ0n) is 18.9. The monoisotopic (exact) mass is 582 g/mol. The molecule has 34 heavy (non-hydrogen) atoms. The van der Waals surface area contributed by atoms with Gasteiger partial charge in [-0.1, -0.05) is 48.5 Å². The number of methoxy groups -OCH3 is 1. The Morgan fingerprint density at radius 3 is 2.56 bits per heavy atom. The molecule has 2 aromatic rings. The molecule has 1 amide bonds. The summed E-state index contributed by atoms with van der Waals surface area (Å²) >= 11 is 21.3. The molecule has 1 aliphatic heterocycles. The second-order valence-corrected chi connectivity index (χ2v) is 10.4. The molecule has 0 aromatic heterocycles. The Morgan fingerprint density at radius 1 is 1.15 bits per heavy atom. The van der Waals surface area contributed by atoms with Crippen molar-refractivity contribution < 1.29 is 14.3 Å². The van der Waals surface area contributed by atoms with Crippen molar-refractivity contribution >= 4 is 68.4 Å². The van der Waals surface area contributed by atoms with E-state index in [9.17, 15) is 4.79 Å². The van der Waals surface area contributed by atoms with Crippen LogP contribution in [-0.2, 0) is 11.4 Å². The molecule has 0 unspecified atom stereocenters. The summed E-state index contributed by atoms with van der Waals surface area (Å²) in [5.41, 5.74) is 2.23. The van der Waals surface area contributed by atoms with Crippen molar-refractivity contribution in [3.63, 3.8) is 0 Å². The van der Waals surface area contributed by atoms with E-state index >= 15 is 0 Å². The van der Waals surface area contributed by atoms with Crippen LogP contribution in [0.5, 0.6) is 11.5 Å². The first kappa shape index (κ1) is 25.3. The van der Waals surface area contributed by atoms with Crippen LogP contribution >= 0.6 is 51.3 Å². The number of thiocarbonyl (C=S) groups is 1. The molecular formula is C25H25BrCl2N2O3S. The largest absolute Gasteiger partial charge is 0.493 e. The van der Waals surface area contributed by atoms with Gasteiger partial charge in [0.05, 0.1) is 21.6 Å². The molecule has 0 N–H and O–H groups in total. The summed E-state index contributed by atoms with van der Waals surface area (Å²) in [7, 11) is 3.42. The minimum absolute atomic E-state index is 0.0468. The molecule has 2 fully saturated rings. The molecule has 4 rings (SSSR count). The van der Waals surface area contributed by atoms with E-state index in [1.807, 2.05) is 31.3 Å². The summed E-state index contributed by atoms with van der Waals surface area (Å²) in [4.78, 5) is 16.9. The number of benzene rings is 2. The van der Waals surface area contributed by atoms with Gasteiger partial charge in [0.15, 0.2) is 16.6 Å². The van der Waals surface area contributed by atoms with Crippen molar-refractivity contribution in [1.29, 1.82) is 0 Å². The van der Waals surface area contributed by atoms with Crippen LogP contribution in [0, 0.1) is 0 Å². The molecule has 2 aliphatic rings. The Labute approximate surface area is 223 Å². The normalized spacial score (nSPS) is 18.2. The van der Waals surface area contributed by atoms with E-state index in [0.717, 1.165) is 36.8 Å². The fourth-order valence-corrected chi connectivity index (χ4v) is 5.57. The van der Waals surface area contributed by atoms with Gasteiger partial charge >= 0.3 is 0 Å². The molecule has 1 heterocycles. The number of amides is 1. The van der Waals surface area contributed by atoms with E-state index in [-0.39, 0.29) is 18.6 Å². The lowest BCUT2D eigenvalue weighted by Gasteiger charge is -2.30. The van der Waals surface area contributed by atoms with Crippen molar-refractivity contribution in [1.82, 2.24) is 9.80 Å². The SMILES string of the molecule is COc1cc(/C=C2/C(=O)N(C3CCCCC3)C(=S)N2C)cc(Br)c1OCc1ccc(Cl)c(Cl)c1. The van der Waals surface area contributed by atoms with Gasteiger partial charge in [0.25, 0.3) is 5.91 Å². The van der Waals surface area contributed by atoms with Crippen molar-refractivity contribution in [2.75, 3.05) is 14.2 Å². The standard InChI is InChI=1S/C25H25BrCl2N2O3S/c1-29-21(24(31)30(25(29)34)17-6-4-3-5-7-17)12-16-10-18(26)23(22(13-16)32-2)33-14-15-8-9-19(27)20(28)11-15/h8-13,17H,3-7,14H2,1-2H3/b21-12-. The fourth-order valence-electron chi connectivity index (χ4n) is 4.34. The van der Waals surface area contributed by atoms with Gasteiger partial charge in [0.1, 0.15) is 12.3 Å². The molecule has 2 aromatic carbocycles. The lowest BCUT2D eigenvalue weighted by atomic mass is 9.94. The second-order valence-electron chi connectivity index (χ2n) is 8.41. The Balaban J connectivity index is 1.57. The summed E-state index contributed by atoms with van der Waals surface area (Å²) in [6.07, 6.45) is 7.32. The van der Waals surface area contributed by atoms with Gasteiger partial charge in [0.2, 0.25) is 0 Å². The zero-order valence-corrected chi connectivity index (χ0v) is 22.9. The highest BCUT2D eigenvalue weighted by Crippen LogP contribution is 2.39. The maximum absolute atomic E-state index is 13.3. The van der Waals surface area contributed by atoms with Gasteiger partial charge in [-0.05, 0) is 82.5 Å². The molecule has 1 saturated carbocycles. The van der Waals surface area contributed by atoms with E-state index in [4.69, 9.17) is 44.9 Å². The highest BCUT2D eigenvalue weighted by atomic mass is 79.9. The van der Waals surface area contributed by atoms with Gasteiger partial charge in [0, 0.05) is 13.1 Å². The average Bonchev–Trinajstić information content (AvgIpc) is 3.03. The zero-order chi connectivity index (χ0) is 24.4. The first-order chi connectivity index (χ1) is 16.3. The van der Waals surface area contributed by atoms with Gasteiger partial charge in [-0.2, -0.15) is 0 Å². The third-order valence-electron chi connectivity index (χ3n) is 6.15. The summed E-state index contributed by atoms with van der Waals surface area (Å²) in [5, 5.41) is 1.53. The third-order valence-corrected chi connectivity index (χ3v) is 7.95. The lowest BCUT2D eigenvalue weighted by molar-refractivity contribution is -0.124. The number of carbonyl (C=O) groups excluding carboxylic acids is 1. The van der Waals surface area contributed by atoms with Crippen LogP contribution in [0.15, 0.2) is 40.5 Å². The molecule has 1 aliphatic carbocycles. The van der Waals surface area contributed by atoms with Gasteiger partial charge in [-0.25, -0.2) is 0 Å². The third kappa shape index (κ3) is 5.23. The van der Waals surface area contributed by atoms with Crippen LogP contribution in [0.1, 0.15) is 43.2 Å². The summed E-state index contributed by atoms with van der Waals surface area (Å²) in [6.45, 7) is 0.290. The average molecular weight is 584 g/mol. The first-order valence-electron chi connectivity index (χ1n) is 11.1. The lowest BCUT2D eigenvalue weighted by Crippen LogP contribution is -2.41. The van der Waals surface area contributed by atoms with Gasteiger partial charge in [-0.3, -0.25) is 9.69 Å². The Kier molecular flexibility index (Phi) is 8.08. The van der Waals surface area contributed by atoms with E-state index in [0.29, 0.717) is 36.8 Å². The maximum Gasteiger partial charge on any atom is 0.277 e. The second kappa shape index (κ2) is 10.9. The number of nitrogens with zero attached hydrogens (tertiary/aromatic N) is 2. The minimum Gasteiger partial charge on any atom is -0.493 e. The quantitative estimate of drug-likeness (QED) is 0.268. The number of rotatable bonds is 6. The summed E-state index contributed by atoms with van der Waals surface area (Å²) in [5.74, 6) is 1.05. The number of hydrogen-bond donors (Lipinski definition) is 0. The first-order valence-corrected chi connectivity index (χ1v) is 13.0. The maximum atomic E-state index is 13.3. The predicted molar refractivity (Wildman–Crippen MR) is 144 cm³/mol. The smallest absolute Gasteiger partial charge is 0.277 e. The molecule has 180 valence electrons. The number of likely N-dealkylation sites (N-methyl/N-ethyl adjacent to an activating group) is 1. The topological polar surface area (TPSA) is 42.0 Å². The van der Waals surface area contributed by atoms with Crippen LogP contribution in [0.25, 0.3) is 6.08 Å². The minimum atomic E-state index is -0.0468. The summed E-state index contributed by atoms with van der Waals surface area (Å²) < 4.78 is 12.3. The molecule has 5 nitrogen and oxygen atoms in total. The van der Waals surface area contributed by atoms with Crippen molar-refractivity contribution in [2.24, 2.45) is 0 Å². The molecule has 0 radical (unpaired) electrons. The van der Waals surface area contributed by atoms with Crippen molar-refractivity contribution in [3.8, 4) is 11.5 Å². The van der Waals surface area contributed by atoms with E-state index in [1.165, 1.54) is 6.42 Å². The van der Waals surface area contributed by atoms with Crippen LogP contribution in [0.4, 0.5) is 0 Å². The number of ether oxygens (including phenoxy) is 2. The van der Waals surface area contributed by atoms with E-state index in [2.05, 4.69) is 15.9 Å². The van der Waals surface area contributed by atoms with Crippen molar-refractivity contribution in [2.45, 2.75) is 44.8 Å². The fraction of sp³-hybridized carbons (Fsp3) is 0.360. The summed E-state index contributed by atoms with van der Waals surface area (Å²) in [6, 6.07) is 9.28. The van der Waals surface area contributed by atoms with Gasteiger partial charge in [-0.15, -0.1) is 0 Å². The van der Waals surface area contributed by atoms with Crippen LogP contribution < -0.4 is 9.47 Å². The van der Waals surface area contributed by atoms with Gasteiger partial charge < -0.3 is 14.4 Å². The number of hydrogen-bond acceptors (Lipinski definition) is 4. The Hall–Kier alpha value is -1.80. The molecule has 1 saturated heterocycles. The van der Waals surface area contributed by atoms with Crippen LogP contribution in [0.3, 0.4) is 0 Å². The van der Waals surface area contributed by atoms with Crippen molar-refractivity contribution in [3.05, 3.63) is 61.7 Å². The Bertz CT molecular complexity index is 1150. The molecular weight excluding hydrogens is 559 g/mol. The van der Waals surface area contributed by atoms with E-state index < -0.39 is 0 Å². The number of carbonyl (C=O) groups is 1. The molecule has 0 bridgehead atoms. The molecule has 0 atom stereocenters. The Morgan fingerprint density at radius 2 is 1.88 bits per heavy atom. The van der Waals surface area contributed by atoms with E-state index in [1.54, 1.807) is 29.0 Å². The number of halogens is 3. The predicted octanol–water partition coefficient (Wildman–Crippen LogP) is 7.08. The van der Waals surface area contributed by atoms with Crippen LogP contribution in [0.2, 0.25) is 10.0 Å². The van der Waals surface area contributed by atoms with Crippen LogP contribution in [-0.4, -0.2) is 41.0 Å². The highest BCUT2D eigenvalue weighted by molar-refractivity contribution is 9.10. The molecule has 9 heteroatoms. The highest BCUT2D eigenvalue weighted by Gasteiger charge is 2.40.